The normalized spacial score (nSPS) is 13.3. The number of nitrogens with zero attached hydrogens (tertiary/aromatic N) is 2. The summed E-state index contributed by atoms with van der Waals surface area (Å²) in [5, 5.41) is 4.61. The molecular weight excluding hydrogens is 305 g/mol. The van der Waals surface area contributed by atoms with Crippen LogP contribution in [0, 0.1) is 0 Å². The van der Waals surface area contributed by atoms with E-state index >= 15 is 0 Å². The van der Waals surface area contributed by atoms with Crippen LogP contribution in [0.2, 0.25) is 5.22 Å². The van der Waals surface area contributed by atoms with Crippen LogP contribution < -0.4 is 5.73 Å². The Morgan fingerprint density at radius 1 is 1.53 bits per heavy atom. The number of halogens is 2. The molecule has 0 spiro atoms. The van der Waals surface area contributed by atoms with Crippen LogP contribution in [-0.4, -0.2) is 9.78 Å². The third-order valence-electron chi connectivity index (χ3n) is 2.55. The Labute approximate surface area is 113 Å². The van der Waals surface area contributed by atoms with Gasteiger partial charge in [-0.25, -0.2) is 0 Å². The molecule has 0 fully saturated rings. The van der Waals surface area contributed by atoms with E-state index < -0.39 is 0 Å². The van der Waals surface area contributed by atoms with Crippen molar-refractivity contribution >= 4 is 27.5 Å². The predicted octanol–water partition coefficient (Wildman–Crippen LogP) is 3.52. The minimum Gasteiger partial charge on any atom is -0.453 e. The fourth-order valence-corrected chi connectivity index (χ4v) is 2.48. The van der Waals surface area contributed by atoms with E-state index in [1.54, 1.807) is 12.3 Å². The van der Waals surface area contributed by atoms with E-state index in [1.165, 1.54) is 6.26 Å². The predicted molar refractivity (Wildman–Crippen MR) is 70.1 cm³/mol. The molecule has 92 valence electrons. The molecule has 0 bridgehead atoms. The lowest BCUT2D eigenvalue weighted by atomic mass is 10.1. The summed E-state index contributed by atoms with van der Waals surface area (Å²) < 4.78 is 7.81. The van der Waals surface area contributed by atoms with Crippen molar-refractivity contribution in [2.45, 2.75) is 25.9 Å². The molecule has 2 rings (SSSR count). The van der Waals surface area contributed by atoms with E-state index in [0.29, 0.717) is 5.22 Å². The van der Waals surface area contributed by atoms with E-state index in [0.717, 1.165) is 15.7 Å². The second-order valence-electron chi connectivity index (χ2n) is 4.04. The van der Waals surface area contributed by atoms with Crippen molar-refractivity contribution in [1.82, 2.24) is 9.78 Å². The Morgan fingerprint density at radius 3 is 2.76 bits per heavy atom. The Morgan fingerprint density at radius 2 is 2.24 bits per heavy atom. The Bertz CT molecular complexity index is 521. The standard InChI is InChI=1S/C11H13BrClN3O/c1-6(2)16-10(8(12)5-15-16)9(14)7-3-4-17-11(7)13/h3-6,9H,14H2,1-2H3. The maximum Gasteiger partial charge on any atom is 0.198 e. The zero-order chi connectivity index (χ0) is 12.6. The lowest BCUT2D eigenvalue weighted by molar-refractivity contribution is 0.496. The van der Waals surface area contributed by atoms with Crippen molar-refractivity contribution in [3.8, 4) is 0 Å². The van der Waals surface area contributed by atoms with Crippen molar-refractivity contribution in [3.05, 3.63) is 39.5 Å². The molecule has 0 aliphatic rings. The van der Waals surface area contributed by atoms with E-state index in [2.05, 4.69) is 21.0 Å². The highest BCUT2D eigenvalue weighted by Crippen LogP contribution is 2.32. The zero-order valence-electron chi connectivity index (χ0n) is 9.52. The van der Waals surface area contributed by atoms with Gasteiger partial charge >= 0.3 is 0 Å². The first-order chi connectivity index (χ1) is 8.02. The Balaban J connectivity index is 2.47. The molecule has 0 saturated heterocycles. The number of nitrogens with two attached hydrogens (primary N) is 1. The van der Waals surface area contributed by atoms with Crippen LogP contribution in [0.3, 0.4) is 0 Å². The first kappa shape index (κ1) is 12.7. The van der Waals surface area contributed by atoms with E-state index in [1.807, 2.05) is 18.5 Å². The fraction of sp³-hybridized carbons (Fsp3) is 0.364. The highest BCUT2D eigenvalue weighted by molar-refractivity contribution is 9.10. The van der Waals surface area contributed by atoms with Gasteiger partial charge in [0.05, 0.1) is 28.7 Å². The molecule has 0 aromatic carbocycles. The Kier molecular flexibility index (Phi) is 3.61. The molecule has 2 heterocycles. The van der Waals surface area contributed by atoms with Crippen LogP contribution in [0.25, 0.3) is 0 Å². The van der Waals surface area contributed by atoms with Crippen LogP contribution in [-0.2, 0) is 0 Å². The molecule has 1 atom stereocenters. The number of rotatable bonds is 3. The summed E-state index contributed by atoms with van der Waals surface area (Å²) in [4.78, 5) is 0. The van der Waals surface area contributed by atoms with Crippen molar-refractivity contribution in [1.29, 1.82) is 0 Å². The molecule has 0 aliphatic heterocycles. The van der Waals surface area contributed by atoms with Gasteiger partial charge in [-0.3, -0.25) is 4.68 Å². The summed E-state index contributed by atoms with van der Waals surface area (Å²) in [6.45, 7) is 4.10. The second-order valence-corrected chi connectivity index (χ2v) is 5.24. The third kappa shape index (κ3) is 2.27. The minimum absolute atomic E-state index is 0.230. The van der Waals surface area contributed by atoms with Crippen molar-refractivity contribution < 1.29 is 4.42 Å². The molecule has 6 heteroatoms. The van der Waals surface area contributed by atoms with Crippen molar-refractivity contribution in [2.75, 3.05) is 0 Å². The second kappa shape index (κ2) is 4.84. The van der Waals surface area contributed by atoms with Crippen LogP contribution >= 0.6 is 27.5 Å². The minimum atomic E-state index is -0.361. The molecular formula is C11H13BrClN3O. The van der Waals surface area contributed by atoms with Gasteiger partial charge in [-0.05, 0) is 47.4 Å². The van der Waals surface area contributed by atoms with Gasteiger partial charge in [-0.2, -0.15) is 5.10 Å². The van der Waals surface area contributed by atoms with Gasteiger partial charge in [0.25, 0.3) is 0 Å². The molecule has 2 aromatic heterocycles. The van der Waals surface area contributed by atoms with Gasteiger partial charge in [0.15, 0.2) is 5.22 Å². The lowest BCUT2D eigenvalue weighted by Crippen LogP contribution is -2.19. The molecule has 4 nitrogen and oxygen atoms in total. The molecule has 0 amide bonds. The number of hydrogen-bond donors (Lipinski definition) is 1. The zero-order valence-corrected chi connectivity index (χ0v) is 11.9. The molecule has 17 heavy (non-hydrogen) atoms. The summed E-state index contributed by atoms with van der Waals surface area (Å²) in [5.74, 6) is 0. The van der Waals surface area contributed by atoms with Crippen LogP contribution in [0.1, 0.15) is 37.2 Å². The SMILES string of the molecule is CC(C)n1ncc(Br)c1C(N)c1ccoc1Cl. The smallest absolute Gasteiger partial charge is 0.198 e. The molecule has 1 unspecified atom stereocenters. The number of hydrogen-bond acceptors (Lipinski definition) is 3. The van der Waals surface area contributed by atoms with Gasteiger partial charge in [0, 0.05) is 11.6 Å². The van der Waals surface area contributed by atoms with Crippen molar-refractivity contribution in [3.63, 3.8) is 0 Å². The van der Waals surface area contributed by atoms with Gasteiger partial charge in [0.1, 0.15) is 0 Å². The lowest BCUT2D eigenvalue weighted by Gasteiger charge is -2.16. The van der Waals surface area contributed by atoms with Gasteiger partial charge in [-0.1, -0.05) is 0 Å². The molecule has 0 radical (unpaired) electrons. The topological polar surface area (TPSA) is 57.0 Å². The maximum atomic E-state index is 6.21. The van der Waals surface area contributed by atoms with Gasteiger partial charge in [-0.15, -0.1) is 0 Å². The summed E-state index contributed by atoms with van der Waals surface area (Å²) in [6, 6.07) is 1.64. The maximum absolute atomic E-state index is 6.21. The summed E-state index contributed by atoms with van der Waals surface area (Å²) in [7, 11) is 0. The summed E-state index contributed by atoms with van der Waals surface area (Å²) in [6.07, 6.45) is 3.27. The average Bonchev–Trinajstić information content (AvgIpc) is 2.83. The van der Waals surface area contributed by atoms with Crippen LogP contribution in [0.5, 0.6) is 0 Å². The first-order valence-corrected chi connectivity index (χ1v) is 6.40. The Hall–Kier alpha value is -0.780. The van der Waals surface area contributed by atoms with Gasteiger partial charge < -0.3 is 10.2 Å². The van der Waals surface area contributed by atoms with E-state index in [9.17, 15) is 0 Å². The van der Waals surface area contributed by atoms with Crippen molar-refractivity contribution in [2.24, 2.45) is 5.73 Å². The highest BCUT2D eigenvalue weighted by Gasteiger charge is 2.22. The number of aromatic nitrogens is 2. The first-order valence-electron chi connectivity index (χ1n) is 5.23. The van der Waals surface area contributed by atoms with Gasteiger partial charge in [0.2, 0.25) is 0 Å². The molecule has 0 saturated carbocycles. The molecule has 2 aromatic rings. The molecule has 0 aliphatic carbocycles. The third-order valence-corrected chi connectivity index (χ3v) is 3.47. The summed E-state index contributed by atoms with van der Waals surface area (Å²) >= 11 is 9.40. The average molecular weight is 319 g/mol. The van der Waals surface area contributed by atoms with Crippen LogP contribution in [0.15, 0.2) is 27.4 Å². The van der Waals surface area contributed by atoms with E-state index in [4.69, 9.17) is 21.8 Å². The van der Waals surface area contributed by atoms with E-state index in [-0.39, 0.29) is 12.1 Å². The summed E-state index contributed by atoms with van der Waals surface area (Å²) in [5.41, 5.74) is 7.86. The number of furan rings is 1. The monoisotopic (exact) mass is 317 g/mol. The largest absolute Gasteiger partial charge is 0.453 e. The molecule has 2 N–H and O–H groups in total. The quantitative estimate of drug-likeness (QED) is 0.942. The highest BCUT2D eigenvalue weighted by atomic mass is 79.9. The van der Waals surface area contributed by atoms with Crippen LogP contribution in [0.4, 0.5) is 0 Å². The fourth-order valence-electron chi connectivity index (χ4n) is 1.73.